The van der Waals surface area contributed by atoms with Crippen LogP contribution in [0.2, 0.25) is 25.7 Å². The lowest BCUT2D eigenvalue weighted by Crippen LogP contribution is -2.39. The van der Waals surface area contributed by atoms with E-state index in [-0.39, 0.29) is 5.41 Å². The molecular weight excluding hydrogens is 424 g/mol. The van der Waals surface area contributed by atoms with Crippen LogP contribution in [0, 0.1) is 0 Å². The first-order valence-electron chi connectivity index (χ1n) is 5.72. The van der Waals surface area contributed by atoms with E-state index in [0.717, 1.165) is 10.7 Å². The Kier molecular flexibility index (Phi) is 5.95. The maximum atomic E-state index is 3.73. The van der Waals surface area contributed by atoms with Gasteiger partial charge in [0.25, 0.3) is 0 Å². The third-order valence-electron chi connectivity index (χ3n) is 2.83. The van der Waals surface area contributed by atoms with Crippen molar-refractivity contribution in [3.05, 3.63) is 34.3 Å². The third kappa shape index (κ3) is 4.18. The summed E-state index contributed by atoms with van der Waals surface area (Å²) in [4.78, 5) is 0. The van der Waals surface area contributed by atoms with Crippen LogP contribution in [0.1, 0.15) is 5.56 Å². The molecule has 0 aliphatic carbocycles. The molecule has 0 aromatic heterocycles. The van der Waals surface area contributed by atoms with Crippen molar-refractivity contribution in [1.29, 1.82) is 0 Å². The van der Waals surface area contributed by atoms with Crippen LogP contribution in [-0.4, -0.2) is 18.7 Å². The summed E-state index contributed by atoms with van der Waals surface area (Å²) < 4.78 is 1.22. The number of halogens is 3. The van der Waals surface area contributed by atoms with E-state index < -0.39 is 8.07 Å². The van der Waals surface area contributed by atoms with Crippen molar-refractivity contribution >= 4 is 55.9 Å². The molecule has 0 unspecified atom stereocenters. The molecule has 1 rings (SSSR count). The van der Waals surface area contributed by atoms with Gasteiger partial charge in [-0.15, -0.1) is 0 Å². The minimum Gasteiger partial charge on any atom is -0.0918 e. The Labute approximate surface area is 131 Å². The SMILES string of the molecule is C[Si](C)(C)CC(CBr)(CBr)c1ccccc1Br. The summed E-state index contributed by atoms with van der Waals surface area (Å²) in [5, 5.41) is 2.00. The second kappa shape index (κ2) is 6.35. The van der Waals surface area contributed by atoms with Crippen LogP contribution in [-0.2, 0) is 5.41 Å². The molecule has 0 saturated heterocycles. The average molecular weight is 443 g/mol. The number of benzene rings is 1. The quantitative estimate of drug-likeness (QED) is 0.398. The zero-order valence-corrected chi connectivity index (χ0v) is 16.3. The van der Waals surface area contributed by atoms with Gasteiger partial charge in [-0.3, -0.25) is 0 Å². The molecule has 0 saturated carbocycles. The van der Waals surface area contributed by atoms with Crippen molar-refractivity contribution in [2.24, 2.45) is 0 Å². The predicted molar refractivity (Wildman–Crippen MR) is 91.6 cm³/mol. The molecule has 1 aromatic carbocycles. The average Bonchev–Trinajstić information content (AvgIpc) is 2.25. The van der Waals surface area contributed by atoms with Crippen LogP contribution < -0.4 is 0 Å². The first-order chi connectivity index (χ1) is 7.84. The molecule has 0 bridgehead atoms. The summed E-state index contributed by atoms with van der Waals surface area (Å²) >= 11 is 11.2. The fraction of sp³-hybridized carbons (Fsp3) is 0.538. The van der Waals surface area contributed by atoms with E-state index in [9.17, 15) is 0 Å². The highest BCUT2D eigenvalue weighted by Gasteiger charge is 2.36. The standard InChI is InChI=1S/C13H19Br3Si/c1-17(2,3)10-13(8-14,9-15)11-6-4-5-7-12(11)16/h4-7H,8-10H2,1-3H3. The molecule has 17 heavy (non-hydrogen) atoms. The molecule has 0 aliphatic heterocycles. The van der Waals surface area contributed by atoms with Crippen LogP contribution in [0.3, 0.4) is 0 Å². The van der Waals surface area contributed by atoms with Crippen LogP contribution >= 0.6 is 47.8 Å². The van der Waals surface area contributed by atoms with E-state index in [1.165, 1.54) is 16.1 Å². The summed E-state index contributed by atoms with van der Waals surface area (Å²) in [5.74, 6) is 0. The zero-order chi connectivity index (χ0) is 13.1. The summed E-state index contributed by atoms with van der Waals surface area (Å²) in [7, 11) is -1.12. The minimum absolute atomic E-state index is 0.199. The monoisotopic (exact) mass is 440 g/mol. The van der Waals surface area contributed by atoms with Crippen LogP contribution in [0.5, 0.6) is 0 Å². The molecule has 0 spiro atoms. The number of hydrogen-bond acceptors (Lipinski definition) is 0. The molecule has 1 aromatic rings. The Morgan fingerprint density at radius 2 is 1.59 bits per heavy atom. The lowest BCUT2D eigenvalue weighted by atomic mass is 9.86. The lowest BCUT2D eigenvalue weighted by molar-refractivity contribution is 0.609. The van der Waals surface area contributed by atoms with Crippen LogP contribution in [0.15, 0.2) is 28.7 Å². The molecule has 0 fully saturated rings. The van der Waals surface area contributed by atoms with Crippen LogP contribution in [0.4, 0.5) is 0 Å². The highest BCUT2D eigenvalue weighted by atomic mass is 79.9. The van der Waals surface area contributed by atoms with Crippen molar-refractivity contribution in [3.8, 4) is 0 Å². The Bertz CT molecular complexity index is 367. The Balaban J connectivity index is 3.20. The largest absolute Gasteiger partial charge is 0.0918 e. The Morgan fingerprint density at radius 3 is 2.00 bits per heavy atom. The second-order valence-corrected chi connectivity index (χ2v) is 13.2. The second-order valence-electron chi connectivity index (χ2n) is 5.76. The molecule has 96 valence electrons. The number of hydrogen-bond donors (Lipinski definition) is 0. The molecule has 4 heteroatoms. The van der Waals surface area contributed by atoms with Gasteiger partial charge in [-0.1, -0.05) is 85.6 Å². The van der Waals surface area contributed by atoms with Gasteiger partial charge < -0.3 is 0 Å². The van der Waals surface area contributed by atoms with Gasteiger partial charge in [0.1, 0.15) is 0 Å². The normalized spacial score (nSPS) is 12.8. The van der Waals surface area contributed by atoms with Gasteiger partial charge in [0.15, 0.2) is 0 Å². The van der Waals surface area contributed by atoms with E-state index in [0.29, 0.717) is 0 Å². The smallest absolute Gasteiger partial charge is 0.0452 e. The van der Waals surface area contributed by atoms with Gasteiger partial charge in [-0.05, 0) is 17.7 Å². The van der Waals surface area contributed by atoms with Gasteiger partial charge in [0, 0.05) is 28.6 Å². The van der Waals surface area contributed by atoms with Gasteiger partial charge in [0.2, 0.25) is 0 Å². The van der Waals surface area contributed by atoms with Gasteiger partial charge in [-0.25, -0.2) is 0 Å². The summed E-state index contributed by atoms with van der Waals surface area (Å²) in [6, 6.07) is 9.87. The van der Waals surface area contributed by atoms with E-state index in [4.69, 9.17) is 0 Å². The molecule has 0 radical (unpaired) electrons. The third-order valence-corrected chi connectivity index (χ3v) is 7.40. The van der Waals surface area contributed by atoms with Crippen molar-refractivity contribution < 1.29 is 0 Å². The summed E-state index contributed by atoms with van der Waals surface area (Å²) in [6.07, 6.45) is 0. The summed E-state index contributed by atoms with van der Waals surface area (Å²) in [5.41, 5.74) is 1.61. The molecule has 0 heterocycles. The van der Waals surface area contributed by atoms with Crippen molar-refractivity contribution in [3.63, 3.8) is 0 Å². The topological polar surface area (TPSA) is 0 Å². The highest BCUT2D eigenvalue weighted by Crippen LogP contribution is 2.40. The van der Waals surface area contributed by atoms with E-state index in [1.54, 1.807) is 0 Å². The minimum atomic E-state index is -1.12. The van der Waals surface area contributed by atoms with Crippen molar-refractivity contribution in [2.45, 2.75) is 31.1 Å². The van der Waals surface area contributed by atoms with Gasteiger partial charge >= 0.3 is 0 Å². The Morgan fingerprint density at radius 1 is 1.06 bits per heavy atom. The lowest BCUT2D eigenvalue weighted by Gasteiger charge is -2.36. The fourth-order valence-electron chi connectivity index (χ4n) is 2.28. The molecule has 0 N–H and O–H groups in total. The van der Waals surface area contributed by atoms with Crippen LogP contribution in [0.25, 0.3) is 0 Å². The van der Waals surface area contributed by atoms with Crippen molar-refractivity contribution in [1.82, 2.24) is 0 Å². The predicted octanol–water partition coefficient (Wildman–Crippen LogP) is 5.81. The van der Waals surface area contributed by atoms with E-state index in [1.807, 2.05) is 0 Å². The zero-order valence-electron chi connectivity index (χ0n) is 10.6. The maximum Gasteiger partial charge on any atom is 0.0452 e. The fourth-order valence-corrected chi connectivity index (χ4v) is 8.11. The van der Waals surface area contributed by atoms with E-state index in [2.05, 4.69) is 91.7 Å². The molecule has 0 nitrogen and oxygen atoms in total. The highest BCUT2D eigenvalue weighted by molar-refractivity contribution is 9.10. The Hall–Kier alpha value is 0.877. The first-order valence-corrected chi connectivity index (χ1v) is 12.5. The number of alkyl halides is 2. The molecule has 0 aliphatic rings. The van der Waals surface area contributed by atoms with Gasteiger partial charge in [0.05, 0.1) is 0 Å². The van der Waals surface area contributed by atoms with Gasteiger partial charge in [-0.2, -0.15) is 0 Å². The molecular formula is C13H19Br3Si. The first kappa shape index (κ1) is 15.9. The molecule has 0 amide bonds. The van der Waals surface area contributed by atoms with Crippen molar-refractivity contribution in [2.75, 3.05) is 10.7 Å². The van der Waals surface area contributed by atoms with E-state index >= 15 is 0 Å². The number of rotatable bonds is 5. The maximum absolute atomic E-state index is 3.73. The summed E-state index contributed by atoms with van der Waals surface area (Å²) in [6.45, 7) is 7.30. The molecule has 0 atom stereocenters.